The first-order chi connectivity index (χ1) is 9.92. The van der Waals surface area contributed by atoms with Gasteiger partial charge in [0.25, 0.3) is 0 Å². The number of halogens is 1. The summed E-state index contributed by atoms with van der Waals surface area (Å²) >= 11 is 0. The normalized spacial score (nSPS) is 18.7. The van der Waals surface area contributed by atoms with E-state index in [0.717, 1.165) is 32.1 Å². The Morgan fingerprint density at radius 2 is 1.77 bits per heavy atom. The average Bonchev–Trinajstić information content (AvgIpc) is 2.95. The third kappa shape index (κ3) is 4.22. The van der Waals surface area contributed by atoms with Crippen molar-refractivity contribution in [1.29, 1.82) is 0 Å². The van der Waals surface area contributed by atoms with Crippen molar-refractivity contribution in [2.24, 2.45) is 5.73 Å². The van der Waals surface area contributed by atoms with Crippen molar-refractivity contribution in [3.8, 4) is 0 Å². The maximum absolute atomic E-state index is 12.5. The topological polar surface area (TPSA) is 72.2 Å². The van der Waals surface area contributed by atoms with Crippen LogP contribution in [0.5, 0.6) is 0 Å². The number of nitrogens with two attached hydrogens (primary N) is 1. The highest BCUT2D eigenvalue weighted by atomic mass is 35.5. The van der Waals surface area contributed by atoms with Crippen molar-refractivity contribution in [3.63, 3.8) is 0 Å². The molecule has 1 aliphatic rings. The van der Waals surface area contributed by atoms with Crippen molar-refractivity contribution in [1.82, 2.24) is 4.72 Å². The predicted molar refractivity (Wildman–Crippen MR) is 93.0 cm³/mol. The van der Waals surface area contributed by atoms with E-state index in [-0.39, 0.29) is 12.4 Å². The summed E-state index contributed by atoms with van der Waals surface area (Å²) in [5.74, 6) is 0.444. The first-order valence-corrected chi connectivity index (χ1v) is 9.25. The SMILES string of the molecule is CCC(C)c1ccc(S(=O)(=O)NC2(CN)CCCC2)cc1.Cl. The van der Waals surface area contributed by atoms with Gasteiger partial charge >= 0.3 is 0 Å². The maximum atomic E-state index is 12.5. The summed E-state index contributed by atoms with van der Waals surface area (Å²) in [5, 5.41) is 0. The van der Waals surface area contributed by atoms with E-state index in [1.54, 1.807) is 12.1 Å². The molecular formula is C16H27ClN2O2S. The van der Waals surface area contributed by atoms with Crippen LogP contribution in [0.4, 0.5) is 0 Å². The van der Waals surface area contributed by atoms with E-state index in [1.807, 2.05) is 12.1 Å². The minimum absolute atomic E-state index is 0. The number of hydrogen-bond donors (Lipinski definition) is 2. The minimum atomic E-state index is -3.49. The van der Waals surface area contributed by atoms with Crippen LogP contribution in [-0.2, 0) is 10.0 Å². The lowest BCUT2D eigenvalue weighted by Crippen LogP contribution is -2.51. The summed E-state index contributed by atoms with van der Waals surface area (Å²) in [6, 6.07) is 7.21. The average molecular weight is 347 g/mol. The van der Waals surface area contributed by atoms with E-state index in [9.17, 15) is 8.42 Å². The van der Waals surface area contributed by atoms with Crippen molar-refractivity contribution in [3.05, 3.63) is 29.8 Å². The Morgan fingerprint density at radius 1 is 1.23 bits per heavy atom. The molecule has 0 bridgehead atoms. The Balaban J connectivity index is 0.00000242. The van der Waals surface area contributed by atoms with E-state index in [0.29, 0.717) is 17.4 Å². The molecule has 0 radical (unpaired) electrons. The fraction of sp³-hybridized carbons (Fsp3) is 0.625. The molecule has 1 unspecified atom stereocenters. The van der Waals surface area contributed by atoms with Crippen molar-refractivity contribution in [2.45, 2.75) is 62.3 Å². The van der Waals surface area contributed by atoms with Gasteiger partial charge in [0.2, 0.25) is 10.0 Å². The van der Waals surface area contributed by atoms with Crippen molar-refractivity contribution >= 4 is 22.4 Å². The number of nitrogens with one attached hydrogen (secondary N) is 1. The Bertz CT molecular complexity index is 566. The van der Waals surface area contributed by atoms with Gasteiger partial charge in [-0.25, -0.2) is 13.1 Å². The number of sulfonamides is 1. The molecule has 1 aromatic rings. The van der Waals surface area contributed by atoms with Gasteiger partial charge in [-0.05, 0) is 42.9 Å². The Kier molecular flexibility index (Phi) is 6.86. The molecule has 1 atom stereocenters. The molecule has 2 rings (SSSR count). The van der Waals surface area contributed by atoms with Crippen LogP contribution in [0.3, 0.4) is 0 Å². The van der Waals surface area contributed by atoms with E-state index in [2.05, 4.69) is 18.6 Å². The Labute approximate surface area is 140 Å². The third-order valence-corrected chi connectivity index (χ3v) is 6.27. The van der Waals surface area contributed by atoms with Crippen LogP contribution >= 0.6 is 12.4 Å². The molecule has 0 spiro atoms. The summed E-state index contributed by atoms with van der Waals surface area (Å²) in [4.78, 5) is 0.328. The summed E-state index contributed by atoms with van der Waals surface area (Å²) in [7, 11) is -3.49. The van der Waals surface area contributed by atoms with E-state index >= 15 is 0 Å². The van der Waals surface area contributed by atoms with Gasteiger partial charge in [0.05, 0.1) is 4.90 Å². The van der Waals surface area contributed by atoms with E-state index in [1.165, 1.54) is 5.56 Å². The lowest BCUT2D eigenvalue weighted by Gasteiger charge is -2.28. The van der Waals surface area contributed by atoms with Crippen LogP contribution in [0.1, 0.15) is 57.4 Å². The van der Waals surface area contributed by atoms with Crippen LogP contribution in [0.25, 0.3) is 0 Å². The zero-order chi connectivity index (χ0) is 15.5. The van der Waals surface area contributed by atoms with Crippen LogP contribution in [0.15, 0.2) is 29.2 Å². The summed E-state index contributed by atoms with van der Waals surface area (Å²) in [5.41, 5.74) is 6.53. The highest BCUT2D eigenvalue weighted by molar-refractivity contribution is 7.89. The standard InChI is InChI=1S/C16H26N2O2S.ClH/c1-3-13(2)14-6-8-15(9-7-14)21(19,20)18-16(12-17)10-4-5-11-16;/h6-9,13,18H,3-5,10-12,17H2,1-2H3;1H. The van der Waals surface area contributed by atoms with Crippen LogP contribution in [0, 0.1) is 0 Å². The van der Waals surface area contributed by atoms with Crippen molar-refractivity contribution < 1.29 is 8.42 Å². The lowest BCUT2D eigenvalue weighted by molar-refractivity contribution is 0.399. The molecule has 1 fully saturated rings. The van der Waals surface area contributed by atoms with E-state index < -0.39 is 15.6 Å². The smallest absolute Gasteiger partial charge is 0.241 e. The first-order valence-electron chi connectivity index (χ1n) is 7.76. The molecule has 1 aromatic carbocycles. The molecule has 4 nitrogen and oxygen atoms in total. The molecule has 22 heavy (non-hydrogen) atoms. The highest BCUT2D eigenvalue weighted by Gasteiger charge is 2.36. The molecule has 1 saturated carbocycles. The summed E-state index contributed by atoms with van der Waals surface area (Å²) < 4.78 is 27.9. The molecule has 0 saturated heterocycles. The Morgan fingerprint density at radius 3 is 2.23 bits per heavy atom. The molecule has 0 heterocycles. The quantitative estimate of drug-likeness (QED) is 0.831. The molecule has 0 aliphatic heterocycles. The molecule has 126 valence electrons. The molecule has 0 amide bonds. The first kappa shape index (κ1) is 19.4. The second-order valence-corrected chi connectivity index (χ2v) is 7.86. The fourth-order valence-electron chi connectivity index (χ4n) is 2.95. The minimum Gasteiger partial charge on any atom is -0.329 e. The number of hydrogen-bond acceptors (Lipinski definition) is 3. The highest BCUT2D eigenvalue weighted by Crippen LogP contribution is 2.30. The molecular weight excluding hydrogens is 320 g/mol. The number of rotatable bonds is 6. The van der Waals surface area contributed by atoms with Crippen LogP contribution < -0.4 is 10.5 Å². The van der Waals surface area contributed by atoms with Gasteiger partial charge in [0.15, 0.2) is 0 Å². The zero-order valence-corrected chi connectivity index (χ0v) is 15.0. The Hall–Kier alpha value is -0.620. The largest absolute Gasteiger partial charge is 0.329 e. The fourth-order valence-corrected chi connectivity index (χ4v) is 4.42. The van der Waals surface area contributed by atoms with Gasteiger partial charge in [-0.15, -0.1) is 12.4 Å². The van der Waals surface area contributed by atoms with Gasteiger partial charge in [0.1, 0.15) is 0 Å². The van der Waals surface area contributed by atoms with Gasteiger partial charge in [-0.2, -0.15) is 0 Å². The predicted octanol–water partition coefficient (Wildman–Crippen LogP) is 3.17. The maximum Gasteiger partial charge on any atom is 0.241 e. The van der Waals surface area contributed by atoms with Crippen LogP contribution in [-0.4, -0.2) is 20.5 Å². The van der Waals surface area contributed by atoms with E-state index in [4.69, 9.17) is 5.73 Å². The molecule has 1 aliphatic carbocycles. The van der Waals surface area contributed by atoms with Gasteiger partial charge in [-0.3, -0.25) is 0 Å². The van der Waals surface area contributed by atoms with Gasteiger partial charge in [-0.1, -0.05) is 38.8 Å². The zero-order valence-electron chi connectivity index (χ0n) is 13.3. The third-order valence-electron chi connectivity index (χ3n) is 4.67. The lowest BCUT2D eigenvalue weighted by atomic mass is 9.99. The molecule has 3 N–H and O–H groups in total. The van der Waals surface area contributed by atoms with Gasteiger partial charge < -0.3 is 5.73 Å². The van der Waals surface area contributed by atoms with Crippen LogP contribution in [0.2, 0.25) is 0 Å². The molecule has 6 heteroatoms. The monoisotopic (exact) mass is 346 g/mol. The summed E-state index contributed by atoms with van der Waals surface area (Å²) in [6.07, 6.45) is 4.77. The second-order valence-electron chi connectivity index (χ2n) is 6.18. The number of benzene rings is 1. The second kappa shape index (κ2) is 7.77. The van der Waals surface area contributed by atoms with Crippen molar-refractivity contribution in [2.75, 3.05) is 6.54 Å². The summed E-state index contributed by atoms with van der Waals surface area (Å²) in [6.45, 7) is 4.63. The molecule has 0 aromatic heterocycles. The van der Waals surface area contributed by atoms with Gasteiger partial charge in [0, 0.05) is 12.1 Å².